The molecule has 7 nitrogen and oxygen atoms in total. The second kappa shape index (κ2) is 10.6. The van der Waals surface area contributed by atoms with Gasteiger partial charge >= 0.3 is 0 Å². The second-order valence-corrected chi connectivity index (χ2v) is 8.11. The van der Waals surface area contributed by atoms with E-state index in [0.29, 0.717) is 18.3 Å². The lowest BCUT2D eigenvalue weighted by molar-refractivity contribution is 0.0436. The molecule has 0 aliphatic carbocycles. The molecule has 3 N–H and O–H groups in total. The minimum atomic E-state index is -1.16. The van der Waals surface area contributed by atoms with Gasteiger partial charge in [0.15, 0.2) is 17.5 Å². The molecule has 1 aliphatic heterocycles. The van der Waals surface area contributed by atoms with E-state index in [2.05, 4.69) is 20.5 Å². The van der Waals surface area contributed by atoms with Gasteiger partial charge in [-0.2, -0.15) is 0 Å². The van der Waals surface area contributed by atoms with Gasteiger partial charge in [0, 0.05) is 32.2 Å². The number of guanidine groups is 1. The molecule has 31 heavy (non-hydrogen) atoms. The van der Waals surface area contributed by atoms with Crippen molar-refractivity contribution in [3.8, 4) is 5.75 Å². The zero-order valence-corrected chi connectivity index (χ0v) is 18.5. The van der Waals surface area contributed by atoms with Crippen molar-refractivity contribution in [1.29, 1.82) is 0 Å². The van der Waals surface area contributed by atoms with Crippen LogP contribution in [0.3, 0.4) is 0 Å². The quantitative estimate of drug-likeness (QED) is 0.440. The highest BCUT2D eigenvalue weighted by Crippen LogP contribution is 2.22. The summed E-state index contributed by atoms with van der Waals surface area (Å²) in [5.74, 6) is 1.13. The Hall–Kier alpha value is -2.58. The largest absolute Gasteiger partial charge is 0.494 e. The number of aliphatic hydroxyl groups is 1. The summed E-state index contributed by atoms with van der Waals surface area (Å²) in [7, 11) is 1.47. The van der Waals surface area contributed by atoms with E-state index in [1.54, 1.807) is 37.5 Å². The van der Waals surface area contributed by atoms with E-state index in [-0.39, 0.29) is 24.2 Å². The SMILES string of the molecule is CCNC(=NCC(C)(O)c1ccco1)NC1CCN(Cc2ccc(OC)c(F)c2)CC1. The van der Waals surface area contributed by atoms with E-state index in [1.165, 1.54) is 7.11 Å². The number of benzene rings is 1. The van der Waals surface area contributed by atoms with Gasteiger partial charge in [-0.1, -0.05) is 6.07 Å². The fourth-order valence-corrected chi connectivity index (χ4v) is 3.71. The standard InChI is InChI=1S/C23H33FN4O3/c1-4-25-22(26-16-23(2,29)21-6-5-13-31-21)27-18-9-11-28(12-10-18)15-17-7-8-20(30-3)19(24)14-17/h5-8,13-14,18,29H,4,9-12,15-16H2,1-3H3,(H2,25,26,27). The maximum atomic E-state index is 13.9. The Morgan fingerprint density at radius 2 is 2.13 bits per heavy atom. The third kappa shape index (κ3) is 6.45. The second-order valence-electron chi connectivity index (χ2n) is 8.11. The first kappa shape index (κ1) is 23.1. The minimum Gasteiger partial charge on any atom is -0.494 e. The van der Waals surface area contributed by atoms with Gasteiger partial charge in [0.1, 0.15) is 11.4 Å². The van der Waals surface area contributed by atoms with Crippen LogP contribution in [0.15, 0.2) is 46.0 Å². The number of piperidine rings is 1. The smallest absolute Gasteiger partial charge is 0.191 e. The summed E-state index contributed by atoms with van der Waals surface area (Å²) in [6.45, 7) is 7.17. The van der Waals surface area contributed by atoms with Gasteiger partial charge in [-0.15, -0.1) is 0 Å². The van der Waals surface area contributed by atoms with E-state index in [0.717, 1.165) is 38.0 Å². The molecule has 1 unspecified atom stereocenters. The lowest BCUT2D eigenvalue weighted by Gasteiger charge is -2.33. The number of ether oxygens (including phenoxy) is 1. The maximum Gasteiger partial charge on any atom is 0.191 e. The van der Waals surface area contributed by atoms with Gasteiger partial charge < -0.3 is 24.9 Å². The third-order valence-electron chi connectivity index (χ3n) is 5.49. The number of hydrogen-bond donors (Lipinski definition) is 3. The molecule has 0 amide bonds. The summed E-state index contributed by atoms with van der Waals surface area (Å²) in [4.78, 5) is 6.89. The van der Waals surface area contributed by atoms with Crippen LogP contribution in [0.4, 0.5) is 4.39 Å². The molecule has 8 heteroatoms. The summed E-state index contributed by atoms with van der Waals surface area (Å²) in [6.07, 6.45) is 3.46. The van der Waals surface area contributed by atoms with Gasteiger partial charge in [0.2, 0.25) is 0 Å². The molecule has 1 saturated heterocycles. The molecule has 2 aromatic rings. The zero-order chi connectivity index (χ0) is 22.3. The minimum absolute atomic E-state index is 0.192. The molecular weight excluding hydrogens is 399 g/mol. The molecule has 0 bridgehead atoms. The number of nitrogens with one attached hydrogen (secondary N) is 2. The lowest BCUT2D eigenvalue weighted by Crippen LogP contribution is -2.48. The highest BCUT2D eigenvalue weighted by molar-refractivity contribution is 5.80. The predicted molar refractivity (Wildman–Crippen MR) is 119 cm³/mol. The van der Waals surface area contributed by atoms with Gasteiger partial charge in [0.05, 0.1) is 19.9 Å². The van der Waals surface area contributed by atoms with Gasteiger partial charge in [-0.3, -0.25) is 4.90 Å². The molecule has 0 spiro atoms. The first-order chi connectivity index (χ1) is 14.9. The molecular formula is C23H33FN4O3. The maximum absolute atomic E-state index is 13.9. The van der Waals surface area contributed by atoms with Crippen molar-refractivity contribution in [3.05, 3.63) is 53.7 Å². The summed E-state index contributed by atoms with van der Waals surface area (Å²) >= 11 is 0. The van der Waals surface area contributed by atoms with Crippen molar-refractivity contribution < 1.29 is 18.7 Å². The predicted octanol–water partition coefficient (Wildman–Crippen LogP) is 2.85. The summed E-state index contributed by atoms with van der Waals surface area (Å²) < 4.78 is 24.2. The van der Waals surface area contributed by atoms with E-state index >= 15 is 0 Å². The Kier molecular flexibility index (Phi) is 7.92. The van der Waals surface area contributed by atoms with Crippen molar-refractivity contribution in [1.82, 2.24) is 15.5 Å². The topological polar surface area (TPSA) is 82.3 Å². The van der Waals surface area contributed by atoms with E-state index < -0.39 is 5.60 Å². The number of rotatable bonds is 8. The lowest BCUT2D eigenvalue weighted by atomic mass is 10.0. The molecule has 0 radical (unpaired) electrons. The Morgan fingerprint density at radius 1 is 1.35 bits per heavy atom. The van der Waals surface area contributed by atoms with Gasteiger partial charge in [-0.05, 0) is 56.5 Å². The van der Waals surface area contributed by atoms with Gasteiger partial charge in [-0.25, -0.2) is 9.38 Å². The Bertz CT molecular complexity index is 847. The molecule has 1 atom stereocenters. The van der Waals surface area contributed by atoms with E-state index in [4.69, 9.17) is 9.15 Å². The summed E-state index contributed by atoms with van der Waals surface area (Å²) in [6, 6.07) is 8.92. The molecule has 1 aromatic heterocycles. The number of hydrogen-bond acceptors (Lipinski definition) is 5. The van der Waals surface area contributed by atoms with Crippen LogP contribution in [0.1, 0.15) is 38.0 Å². The van der Waals surface area contributed by atoms with Crippen LogP contribution in [0.5, 0.6) is 5.75 Å². The first-order valence-corrected chi connectivity index (χ1v) is 10.8. The molecule has 3 rings (SSSR count). The van der Waals surface area contributed by atoms with Crippen molar-refractivity contribution >= 4 is 5.96 Å². The Labute approximate surface area is 183 Å². The third-order valence-corrected chi connectivity index (χ3v) is 5.49. The summed E-state index contributed by atoms with van der Waals surface area (Å²) in [5.41, 5.74) is -0.220. The van der Waals surface area contributed by atoms with E-state index in [9.17, 15) is 9.50 Å². The van der Waals surface area contributed by atoms with Crippen LogP contribution in [0.25, 0.3) is 0 Å². The highest BCUT2D eigenvalue weighted by Gasteiger charge is 2.26. The van der Waals surface area contributed by atoms with Crippen molar-refractivity contribution in [2.24, 2.45) is 4.99 Å². The molecule has 0 saturated carbocycles. The van der Waals surface area contributed by atoms with Crippen LogP contribution in [-0.2, 0) is 12.1 Å². The fourth-order valence-electron chi connectivity index (χ4n) is 3.71. The Morgan fingerprint density at radius 3 is 2.74 bits per heavy atom. The van der Waals surface area contributed by atoms with Crippen LogP contribution in [0, 0.1) is 5.82 Å². The molecule has 1 fully saturated rings. The molecule has 1 aliphatic rings. The molecule has 2 heterocycles. The molecule has 170 valence electrons. The van der Waals surface area contributed by atoms with Crippen LogP contribution in [-0.4, -0.2) is 55.3 Å². The van der Waals surface area contributed by atoms with Crippen molar-refractivity contribution in [2.45, 2.75) is 44.9 Å². The number of nitrogens with zero attached hydrogens (tertiary/aromatic N) is 2. The average Bonchev–Trinajstić information content (AvgIpc) is 3.30. The van der Waals surface area contributed by atoms with E-state index in [1.807, 2.05) is 13.0 Å². The van der Waals surface area contributed by atoms with Crippen LogP contribution in [0.2, 0.25) is 0 Å². The number of halogens is 1. The number of furan rings is 1. The van der Waals surface area contributed by atoms with Crippen LogP contribution < -0.4 is 15.4 Å². The average molecular weight is 433 g/mol. The van der Waals surface area contributed by atoms with Crippen molar-refractivity contribution in [2.75, 3.05) is 33.3 Å². The highest BCUT2D eigenvalue weighted by atomic mass is 19.1. The first-order valence-electron chi connectivity index (χ1n) is 10.8. The Balaban J connectivity index is 1.51. The van der Waals surface area contributed by atoms with Crippen LogP contribution >= 0.6 is 0 Å². The zero-order valence-electron chi connectivity index (χ0n) is 18.5. The molecule has 1 aromatic carbocycles. The number of likely N-dealkylation sites (tertiary alicyclic amines) is 1. The fraction of sp³-hybridized carbons (Fsp3) is 0.522. The monoisotopic (exact) mass is 432 g/mol. The van der Waals surface area contributed by atoms with Gasteiger partial charge in [0.25, 0.3) is 0 Å². The number of aliphatic imine (C=N–C) groups is 1. The van der Waals surface area contributed by atoms with Crippen molar-refractivity contribution in [3.63, 3.8) is 0 Å². The number of methoxy groups -OCH3 is 1. The normalized spacial score (nSPS) is 17.9. The summed E-state index contributed by atoms with van der Waals surface area (Å²) in [5, 5.41) is 17.4.